The van der Waals surface area contributed by atoms with Crippen LogP contribution in [0.1, 0.15) is 47.5 Å². The molecule has 3 unspecified atom stereocenters. The van der Waals surface area contributed by atoms with E-state index in [9.17, 15) is 8.42 Å². The number of hydrogen-bond acceptors (Lipinski definition) is 4. The second-order valence-corrected chi connectivity index (χ2v) is 10.8. The Kier molecular flexibility index (Phi) is 9.13. The van der Waals surface area contributed by atoms with Gasteiger partial charge in [0.2, 0.25) is 0 Å². The first kappa shape index (κ1) is 23.9. The van der Waals surface area contributed by atoms with E-state index >= 15 is 0 Å². The summed E-state index contributed by atoms with van der Waals surface area (Å²) in [4.78, 5) is 7.33. The second kappa shape index (κ2) is 9.91. The molecular weight excluding hydrogens is 463 g/mol. The zero-order chi connectivity index (χ0) is 18.7. The first-order valence-corrected chi connectivity index (χ1v) is 11.4. The summed E-state index contributed by atoms with van der Waals surface area (Å²) in [6, 6.07) is -0.0269. The van der Waals surface area contributed by atoms with E-state index in [1.54, 1.807) is 0 Å². The summed E-state index contributed by atoms with van der Waals surface area (Å²) < 4.78 is 23.3. The van der Waals surface area contributed by atoms with Crippen LogP contribution in [0.25, 0.3) is 0 Å². The van der Waals surface area contributed by atoms with Crippen molar-refractivity contribution >= 4 is 39.8 Å². The fourth-order valence-electron chi connectivity index (χ4n) is 3.95. The van der Waals surface area contributed by atoms with Crippen LogP contribution in [0.3, 0.4) is 0 Å². The highest BCUT2D eigenvalue weighted by Crippen LogP contribution is 2.27. The van der Waals surface area contributed by atoms with Crippen LogP contribution in [0.4, 0.5) is 0 Å². The molecule has 0 aromatic rings. The first-order valence-electron chi connectivity index (χ1n) is 9.61. The molecule has 8 heteroatoms. The smallest absolute Gasteiger partial charge is 0.191 e. The highest BCUT2D eigenvalue weighted by molar-refractivity contribution is 14.0. The number of halogens is 1. The zero-order valence-electron chi connectivity index (χ0n) is 16.9. The van der Waals surface area contributed by atoms with Crippen molar-refractivity contribution in [2.24, 2.45) is 16.8 Å². The van der Waals surface area contributed by atoms with Crippen LogP contribution in [0.15, 0.2) is 4.99 Å². The highest BCUT2D eigenvalue weighted by atomic mass is 127. The van der Waals surface area contributed by atoms with E-state index in [1.165, 1.54) is 6.42 Å². The van der Waals surface area contributed by atoms with Crippen LogP contribution < -0.4 is 10.6 Å². The van der Waals surface area contributed by atoms with Crippen molar-refractivity contribution in [1.29, 1.82) is 0 Å². The Bertz CT molecular complexity index is 570. The van der Waals surface area contributed by atoms with Gasteiger partial charge < -0.3 is 10.6 Å². The maximum atomic E-state index is 11.7. The van der Waals surface area contributed by atoms with Gasteiger partial charge in [0.1, 0.15) is 0 Å². The molecule has 2 saturated heterocycles. The number of nitrogens with one attached hydrogen (secondary N) is 2. The molecule has 0 aliphatic carbocycles. The summed E-state index contributed by atoms with van der Waals surface area (Å²) in [5, 5.41) is 6.56. The van der Waals surface area contributed by atoms with E-state index in [-0.39, 0.29) is 47.1 Å². The molecule has 0 bridgehead atoms. The first-order chi connectivity index (χ1) is 11.6. The molecule has 0 aromatic heterocycles. The van der Waals surface area contributed by atoms with Crippen LogP contribution >= 0.6 is 24.0 Å². The Hall–Kier alpha value is -0.0900. The molecule has 0 radical (unpaired) electrons. The Morgan fingerprint density at radius 1 is 1.23 bits per heavy atom. The van der Waals surface area contributed by atoms with Crippen molar-refractivity contribution in [3.05, 3.63) is 0 Å². The predicted octanol–water partition coefficient (Wildman–Crippen LogP) is 2.10. The summed E-state index contributed by atoms with van der Waals surface area (Å²) >= 11 is 0. The zero-order valence-corrected chi connectivity index (χ0v) is 20.1. The van der Waals surface area contributed by atoms with E-state index in [0.717, 1.165) is 37.4 Å². The molecule has 2 aliphatic heterocycles. The molecule has 0 saturated carbocycles. The molecule has 26 heavy (non-hydrogen) atoms. The largest absolute Gasteiger partial charge is 0.357 e. The van der Waals surface area contributed by atoms with Gasteiger partial charge in [0.25, 0.3) is 0 Å². The lowest BCUT2D eigenvalue weighted by molar-refractivity contribution is 0.0512. The van der Waals surface area contributed by atoms with Gasteiger partial charge in [-0.05, 0) is 45.4 Å². The van der Waals surface area contributed by atoms with Gasteiger partial charge in [0.05, 0.1) is 18.1 Å². The number of rotatable bonds is 5. The fourth-order valence-corrected chi connectivity index (χ4v) is 5.63. The van der Waals surface area contributed by atoms with Gasteiger partial charge in [-0.25, -0.2) is 8.42 Å². The van der Waals surface area contributed by atoms with Gasteiger partial charge in [-0.1, -0.05) is 13.8 Å². The van der Waals surface area contributed by atoms with E-state index in [2.05, 4.69) is 43.2 Å². The van der Waals surface area contributed by atoms with Crippen LogP contribution in [0.5, 0.6) is 0 Å². The third kappa shape index (κ3) is 7.14. The minimum atomic E-state index is -2.88. The summed E-state index contributed by atoms with van der Waals surface area (Å²) in [7, 11) is -2.88. The standard InChI is InChI=1S/C18H36N4O2S.HI/c1-6-19-17(21-16-7-8-25(23,24)12-16)20-13-18(4,5)22-10-14(2)9-15(3)11-22;/h14-16H,6-13H2,1-5H3,(H2,19,20,21);1H. The second-order valence-electron chi connectivity index (χ2n) is 8.60. The molecule has 2 fully saturated rings. The average Bonchev–Trinajstić information content (AvgIpc) is 2.83. The molecule has 0 spiro atoms. The predicted molar refractivity (Wildman–Crippen MR) is 120 cm³/mol. The molecule has 154 valence electrons. The third-order valence-corrected chi connectivity index (χ3v) is 7.03. The van der Waals surface area contributed by atoms with Gasteiger partial charge in [-0.2, -0.15) is 0 Å². The summed E-state index contributed by atoms with van der Waals surface area (Å²) in [6.07, 6.45) is 1.97. The quantitative estimate of drug-likeness (QED) is 0.344. The number of guanidine groups is 1. The lowest BCUT2D eigenvalue weighted by atomic mass is 9.88. The molecule has 0 aromatic carbocycles. The van der Waals surface area contributed by atoms with E-state index in [4.69, 9.17) is 4.99 Å². The molecule has 2 heterocycles. The molecular formula is C18H37IN4O2S. The van der Waals surface area contributed by atoms with Gasteiger partial charge in [-0.15, -0.1) is 24.0 Å². The molecule has 0 amide bonds. The van der Waals surface area contributed by atoms with Gasteiger partial charge in [0.15, 0.2) is 15.8 Å². The highest BCUT2D eigenvalue weighted by Gasteiger charge is 2.33. The van der Waals surface area contributed by atoms with Crippen molar-refractivity contribution in [2.45, 2.75) is 59.0 Å². The molecule has 2 aliphatic rings. The van der Waals surface area contributed by atoms with Gasteiger partial charge >= 0.3 is 0 Å². The number of hydrogen-bond donors (Lipinski definition) is 2. The Balaban J connectivity index is 0.00000338. The third-order valence-electron chi connectivity index (χ3n) is 5.27. The molecule has 2 rings (SSSR count). The lowest BCUT2D eigenvalue weighted by Crippen LogP contribution is -2.53. The maximum Gasteiger partial charge on any atom is 0.191 e. The van der Waals surface area contributed by atoms with Crippen molar-refractivity contribution in [3.8, 4) is 0 Å². The van der Waals surface area contributed by atoms with Crippen LogP contribution in [-0.2, 0) is 9.84 Å². The fraction of sp³-hybridized carbons (Fsp3) is 0.944. The normalized spacial score (nSPS) is 29.9. The monoisotopic (exact) mass is 500 g/mol. The summed E-state index contributed by atoms with van der Waals surface area (Å²) in [5.74, 6) is 2.67. The van der Waals surface area contributed by atoms with Crippen LogP contribution in [0, 0.1) is 11.8 Å². The summed E-state index contributed by atoms with van der Waals surface area (Å²) in [6.45, 7) is 14.9. The van der Waals surface area contributed by atoms with E-state index in [0.29, 0.717) is 13.0 Å². The minimum absolute atomic E-state index is 0. The molecule has 2 N–H and O–H groups in total. The number of nitrogens with zero attached hydrogens (tertiary/aromatic N) is 2. The van der Waals surface area contributed by atoms with Crippen LogP contribution in [-0.4, -0.2) is 68.5 Å². The van der Waals surface area contributed by atoms with E-state index < -0.39 is 9.84 Å². The number of sulfone groups is 1. The Morgan fingerprint density at radius 3 is 2.35 bits per heavy atom. The minimum Gasteiger partial charge on any atom is -0.357 e. The average molecular weight is 500 g/mol. The van der Waals surface area contributed by atoms with Gasteiger partial charge in [-0.3, -0.25) is 9.89 Å². The maximum absolute atomic E-state index is 11.7. The van der Waals surface area contributed by atoms with Crippen molar-refractivity contribution < 1.29 is 8.42 Å². The van der Waals surface area contributed by atoms with Gasteiger partial charge in [0, 0.05) is 31.2 Å². The Morgan fingerprint density at radius 2 is 1.85 bits per heavy atom. The Labute approximate surface area is 176 Å². The number of likely N-dealkylation sites (tertiary alicyclic amines) is 1. The number of piperidine rings is 1. The molecule has 6 nitrogen and oxygen atoms in total. The number of aliphatic imine (C=N–C) groups is 1. The van der Waals surface area contributed by atoms with Crippen molar-refractivity contribution in [3.63, 3.8) is 0 Å². The van der Waals surface area contributed by atoms with Crippen molar-refractivity contribution in [1.82, 2.24) is 15.5 Å². The molecule has 3 atom stereocenters. The van der Waals surface area contributed by atoms with Crippen molar-refractivity contribution in [2.75, 3.05) is 37.7 Å². The van der Waals surface area contributed by atoms with Crippen LogP contribution in [0.2, 0.25) is 0 Å². The topological polar surface area (TPSA) is 73.8 Å². The SMILES string of the molecule is CCNC(=NCC(C)(C)N1CC(C)CC(C)C1)NC1CCS(=O)(=O)C1.I. The lowest BCUT2D eigenvalue weighted by Gasteiger charge is -2.44. The summed E-state index contributed by atoms with van der Waals surface area (Å²) in [5.41, 5.74) is -0.00690. The van der Waals surface area contributed by atoms with E-state index in [1.807, 2.05) is 6.92 Å².